The van der Waals surface area contributed by atoms with Crippen LogP contribution in [-0.4, -0.2) is 25.2 Å². The molecule has 3 heteroatoms. The first kappa shape index (κ1) is 14.0. The van der Waals surface area contributed by atoms with Gasteiger partial charge in [0.05, 0.1) is 12.5 Å². The van der Waals surface area contributed by atoms with Crippen molar-refractivity contribution in [3.05, 3.63) is 0 Å². The van der Waals surface area contributed by atoms with Crippen molar-refractivity contribution in [1.29, 1.82) is 0 Å². The predicted molar refractivity (Wildman–Crippen MR) is 81.8 cm³/mol. The van der Waals surface area contributed by atoms with E-state index in [0.29, 0.717) is 18.1 Å². The molecule has 0 spiro atoms. The number of amides is 1. The maximum absolute atomic E-state index is 12.5. The molecule has 1 heterocycles. The fourth-order valence-corrected chi connectivity index (χ4v) is 6.32. The third-order valence-corrected chi connectivity index (χ3v) is 6.85. The zero-order valence-electron chi connectivity index (χ0n) is 13.3. The Kier molecular flexibility index (Phi) is 3.52. The predicted octanol–water partition coefficient (Wildman–Crippen LogP) is 3.13. The van der Waals surface area contributed by atoms with E-state index in [-0.39, 0.29) is 11.8 Å². The second kappa shape index (κ2) is 5.26. The normalized spacial score (nSPS) is 45.8. The molecular weight excluding hydrogens is 262 g/mol. The van der Waals surface area contributed by atoms with E-state index in [9.17, 15) is 4.79 Å². The van der Waals surface area contributed by atoms with E-state index in [1.807, 2.05) is 0 Å². The van der Waals surface area contributed by atoms with Gasteiger partial charge in [-0.15, -0.1) is 0 Å². The van der Waals surface area contributed by atoms with E-state index < -0.39 is 0 Å². The van der Waals surface area contributed by atoms with Crippen molar-refractivity contribution < 1.29 is 9.53 Å². The highest BCUT2D eigenvalue weighted by Crippen LogP contribution is 2.61. The molecule has 4 bridgehead atoms. The van der Waals surface area contributed by atoms with Gasteiger partial charge in [0.2, 0.25) is 5.91 Å². The van der Waals surface area contributed by atoms with Gasteiger partial charge in [0.15, 0.2) is 0 Å². The molecule has 5 fully saturated rings. The number of carbonyl (C=O) groups is 1. The van der Waals surface area contributed by atoms with Crippen molar-refractivity contribution >= 4 is 5.91 Å². The lowest BCUT2D eigenvalue weighted by atomic mass is 9.47. The zero-order chi connectivity index (χ0) is 14.4. The largest absolute Gasteiger partial charge is 0.381 e. The highest BCUT2D eigenvalue weighted by molar-refractivity contribution is 5.79. The molecule has 1 aliphatic heterocycles. The van der Waals surface area contributed by atoms with E-state index in [0.717, 1.165) is 37.2 Å². The molecule has 4 aliphatic carbocycles. The van der Waals surface area contributed by atoms with Crippen LogP contribution in [0.1, 0.15) is 58.3 Å². The standard InChI is InChI=1S/C18H29NO2/c1-2-16(19-17(20)15-3-4-21-11-15)18-8-12-5-13(9-18)7-14(6-12)10-18/h12-16H,2-11H2,1H3,(H,19,20)/t12?,13?,14?,15-,16+,18?/m0/s1. The molecule has 2 atom stereocenters. The van der Waals surface area contributed by atoms with Crippen molar-refractivity contribution in [1.82, 2.24) is 5.32 Å². The molecule has 0 aromatic rings. The van der Waals surface area contributed by atoms with Crippen LogP contribution in [-0.2, 0) is 9.53 Å². The van der Waals surface area contributed by atoms with Gasteiger partial charge in [0, 0.05) is 12.6 Å². The third kappa shape index (κ3) is 2.42. The van der Waals surface area contributed by atoms with Crippen LogP contribution in [0.25, 0.3) is 0 Å². The molecule has 1 amide bonds. The van der Waals surface area contributed by atoms with E-state index in [4.69, 9.17) is 4.74 Å². The van der Waals surface area contributed by atoms with Crippen molar-refractivity contribution in [3.8, 4) is 0 Å². The summed E-state index contributed by atoms with van der Waals surface area (Å²) >= 11 is 0. The Morgan fingerprint density at radius 2 is 1.81 bits per heavy atom. The van der Waals surface area contributed by atoms with Gasteiger partial charge in [-0.3, -0.25) is 4.79 Å². The van der Waals surface area contributed by atoms with E-state index >= 15 is 0 Å². The molecule has 118 valence electrons. The van der Waals surface area contributed by atoms with Crippen molar-refractivity contribution in [2.45, 2.75) is 64.3 Å². The first-order valence-corrected chi connectivity index (χ1v) is 9.06. The summed E-state index contributed by atoms with van der Waals surface area (Å²) in [4.78, 5) is 12.5. The Hall–Kier alpha value is -0.570. The summed E-state index contributed by atoms with van der Waals surface area (Å²) in [6.07, 6.45) is 10.5. The summed E-state index contributed by atoms with van der Waals surface area (Å²) in [7, 11) is 0. The molecule has 5 rings (SSSR count). The van der Waals surface area contributed by atoms with E-state index in [2.05, 4.69) is 12.2 Å². The Morgan fingerprint density at radius 1 is 1.19 bits per heavy atom. The van der Waals surface area contributed by atoms with Gasteiger partial charge in [0.1, 0.15) is 0 Å². The fraction of sp³-hybridized carbons (Fsp3) is 0.944. The minimum Gasteiger partial charge on any atom is -0.381 e. The maximum atomic E-state index is 12.5. The van der Waals surface area contributed by atoms with Gasteiger partial charge in [-0.05, 0) is 74.5 Å². The average Bonchev–Trinajstić information content (AvgIpc) is 2.97. The highest BCUT2D eigenvalue weighted by Gasteiger charge is 2.54. The van der Waals surface area contributed by atoms with Gasteiger partial charge in [-0.25, -0.2) is 0 Å². The quantitative estimate of drug-likeness (QED) is 0.864. The van der Waals surface area contributed by atoms with Crippen LogP contribution < -0.4 is 5.32 Å². The maximum Gasteiger partial charge on any atom is 0.225 e. The van der Waals surface area contributed by atoms with Crippen LogP contribution in [0.5, 0.6) is 0 Å². The summed E-state index contributed by atoms with van der Waals surface area (Å²) in [5.41, 5.74) is 0.429. The Bertz CT molecular complexity index is 378. The van der Waals surface area contributed by atoms with E-state index in [1.54, 1.807) is 0 Å². The topological polar surface area (TPSA) is 38.3 Å². The molecule has 5 aliphatic rings. The van der Waals surface area contributed by atoms with Gasteiger partial charge < -0.3 is 10.1 Å². The summed E-state index contributed by atoms with van der Waals surface area (Å²) in [5, 5.41) is 3.45. The third-order valence-electron chi connectivity index (χ3n) is 6.85. The van der Waals surface area contributed by atoms with Gasteiger partial charge in [0.25, 0.3) is 0 Å². The molecule has 1 saturated heterocycles. The SMILES string of the molecule is CC[C@@H](NC(=O)[C@H]1CCOC1)C12CC3CC(CC(C3)C1)C2. The summed E-state index contributed by atoms with van der Waals surface area (Å²) < 4.78 is 5.38. The van der Waals surface area contributed by atoms with Crippen LogP contribution in [0.15, 0.2) is 0 Å². The Morgan fingerprint density at radius 3 is 2.29 bits per heavy atom. The summed E-state index contributed by atoms with van der Waals surface area (Å²) in [6.45, 7) is 3.64. The molecule has 1 N–H and O–H groups in total. The number of nitrogens with one attached hydrogen (secondary N) is 1. The van der Waals surface area contributed by atoms with Gasteiger partial charge in [-0.2, -0.15) is 0 Å². The van der Waals surface area contributed by atoms with E-state index in [1.165, 1.54) is 38.5 Å². The molecule has 21 heavy (non-hydrogen) atoms. The number of hydrogen-bond acceptors (Lipinski definition) is 2. The molecule has 0 aromatic heterocycles. The minimum absolute atomic E-state index is 0.105. The lowest BCUT2D eigenvalue weighted by Crippen LogP contribution is -2.57. The number of carbonyl (C=O) groups excluding carboxylic acids is 1. The van der Waals surface area contributed by atoms with Crippen molar-refractivity contribution in [2.75, 3.05) is 13.2 Å². The monoisotopic (exact) mass is 291 g/mol. The van der Waals surface area contributed by atoms with Crippen LogP contribution in [0.2, 0.25) is 0 Å². The second-order valence-electron chi connectivity index (χ2n) is 8.31. The first-order valence-electron chi connectivity index (χ1n) is 9.06. The highest BCUT2D eigenvalue weighted by atomic mass is 16.5. The van der Waals surface area contributed by atoms with Gasteiger partial charge >= 0.3 is 0 Å². The zero-order valence-corrected chi connectivity index (χ0v) is 13.3. The van der Waals surface area contributed by atoms with Crippen LogP contribution in [0.3, 0.4) is 0 Å². The second-order valence-corrected chi connectivity index (χ2v) is 8.31. The van der Waals surface area contributed by atoms with Crippen LogP contribution >= 0.6 is 0 Å². The minimum atomic E-state index is 0.105. The summed E-state index contributed by atoms with van der Waals surface area (Å²) in [6, 6.07) is 0.402. The number of rotatable bonds is 4. The Labute approximate surface area is 128 Å². The fourth-order valence-electron chi connectivity index (χ4n) is 6.32. The molecule has 0 radical (unpaired) electrons. The lowest BCUT2D eigenvalue weighted by molar-refractivity contribution is -0.130. The molecule has 0 aromatic carbocycles. The van der Waals surface area contributed by atoms with Crippen LogP contribution in [0, 0.1) is 29.1 Å². The lowest BCUT2D eigenvalue weighted by Gasteiger charge is -2.59. The van der Waals surface area contributed by atoms with Gasteiger partial charge in [-0.1, -0.05) is 6.92 Å². The molecular formula is C18H29NO2. The molecule has 0 unspecified atom stereocenters. The first-order chi connectivity index (χ1) is 10.2. The average molecular weight is 291 g/mol. The molecule has 4 saturated carbocycles. The van der Waals surface area contributed by atoms with Crippen molar-refractivity contribution in [3.63, 3.8) is 0 Å². The number of hydrogen-bond donors (Lipinski definition) is 1. The van der Waals surface area contributed by atoms with Crippen LogP contribution in [0.4, 0.5) is 0 Å². The Balaban J connectivity index is 1.48. The smallest absolute Gasteiger partial charge is 0.225 e. The van der Waals surface area contributed by atoms with Crippen molar-refractivity contribution in [2.24, 2.45) is 29.1 Å². The summed E-state index contributed by atoms with van der Waals surface area (Å²) in [5.74, 6) is 3.23. The number of ether oxygens (including phenoxy) is 1. The molecule has 3 nitrogen and oxygen atoms in total.